The Bertz CT molecular complexity index is 1050. The predicted octanol–water partition coefficient (Wildman–Crippen LogP) is 2.63. The van der Waals surface area contributed by atoms with Crippen molar-refractivity contribution < 1.29 is 17.9 Å². The number of sulfonamides is 1. The van der Waals surface area contributed by atoms with Crippen LogP contribution >= 0.6 is 0 Å². The third-order valence-electron chi connectivity index (χ3n) is 5.40. The first-order valence-corrected chi connectivity index (χ1v) is 11.2. The molecule has 1 aliphatic rings. The molecule has 0 atom stereocenters. The lowest BCUT2D eigenvalue weighted by Crippen LogP contribution is -2.43. The fraction of sp³-hybridized carbons (Fsp3) is 0.364. The minimum atomic E-state index is -3.76. The van der Waals surface area contributed by atoms with E-state index in [4.69, 9.17) is 4.74 Å². The number of hydrogen-bond acceptors (Lipinski definition) is 5. The minimum Gasteiger partial charge on any atom is -0.496 e. The molecule has 1 heterocycles. The number of para-hydroxylation sites is 1. The molecule has 1 amide bonds. The molecule has 8 heteroatoms. The van der Waals surface area contributed by atoms with E-state index in [-0.39, 0.29) is 35.4 Å². The summed E-state index contributed by atoms with van der Waals surface area (Å²) >= 11 is 0. The second kappa shape index (κ2) is 9.28. The molecule has 158 valence electrons. The molecule has 0 unspecified atom stereocenters. The number of ether oxygens (including phenoxy) is 1. The fourth-order valence-electron chi connectivity index (χ4n) is 3.74. The highest BCUT2D eigenvalue weighted by molar-refractivity contribution is 7.89. The molecular weight excluding hydrogens is 402 g/mol. The Kier molecular flexibility index (Phi) is 6.75. The van der Waals surface area contributed by atoms with Gasteiger partial charge in [-0.3, -0.25) is 4.79 Å². The van der Waals surface area contributed by atoms with Crippen molar-refractivity contribution in [2.45, 2.75) is 24.3 Å². The summed E-state index contributed by atoms with van der Waals surface area (Å²) in [6.07, 6.45) is 0.895. The molecule has 1 saturated heterocycles. The number of hydrogen-bond donors (Lipinski definition) is 0. The van der Waals surface area contributed by atoms with E-state index in [9.17, 15) is 18.5 Å². The van der Waals surface area contributed by atoms with Gasteiger partial charge >= 0.3 is 0 Å². The smallest absolute Gasteiger partial charge is 0.244 e. The number of piperidine rings is 1. The lowest BCUT2D eigenvalue weighted by Gasteiger charge is -2.32. The van der Waals surface area contributed by atoms with Gasteiger partial charge in [0.15, 0.2) is 0 Å². The topological polar surface area (TPSA) is 90.7 Å². The maximum atomic E-state index is 13.0. The molecule has 1 aliphatic heterocycles. The van der Waals surface area contributed by atoms with E-state index >= 15 is 0 Å². The number of carbonyl (C=O) groups excluding carboxylic acids is 1. The second-order valence-corrected chi connectivity index (χ2v) is 9.20. The second-order valence-electron chi connectivity index (χ2n) is 7.29. The molecule has 3 rings (SSSR count). The third-order valence-corrected chi connectivity index (χ3v) is 7.36. The molecule has 2 aromatic carbocycles. The van der Waals surface area contributed by atoms with Gasteiger partial charge in [-0.2, -0.15) is 9.57 Å². The van der Waals surface area contributed by atoms with Crippen LogP contribution in [0.3, 0.4) is 0 Å². The van der Waals surface area contributed by atoms with Crippen molar-refractivity contribution in [3.63, 3.8) is 0 Å². The summed E-state index contributed by atoms with van der Waals surface area (Å²) in [7, 11) is -0.413. The van der Waals surface area contributed by atoms with Gasteiger partial charge < -0.3 is 9.64 Å². The third kappa shape index (κ3) is 4.48. The molecule has 0 aromatic heterocycles. The summed E-state index contributed by atoms with van der Waals surface area (Å²) in [5.74, 6) is 0.493. The van der Waals surface area contributed by atoms with Crippen molar-refractivity contribution in [1.29, 1.82) is 5.26 Å². The zero-order valence-corrected chi connectivity index (χ0v) is 17.9. The van der Waals surface area contributed by atoms with E-state index in [2.05, 4.69) is 0 Å². The van der Waals surface area contributed by atoms with Gasteiger partial charge in [0.1, 0.15) is 11.8 Å². The Labute approximate surface area is 177 Å². The molecule has 30 heavy (non-hydrogen) atoms. The molecular formula is C22H25N3O4S. The summed E-state index contributed by atoms with van der Waals surface area (Å²) in [4.78, 5) is 14.6. The number of carbonyl (C=O) groups is 1. The van der Waals surface area contributed by atoms with E-state index in [1.54, 1.807) is 31.2 Å². The van der Waals surface area contributed by atoms with Crippen molar-refractivity contribution in [1.82, 2.24) is 9.21 Å². The van der Waals surface area contributed by atoms with E-state index in [1.165, 1.54) is 16.4 Å². The molecule has 2 aromatic rings. The molecule has 1 fully saturated rings. The largest absolute Gasteiger partial charge is 0.496 e. The van der Waals surface area contributed by atoms with Crippen LogP contribution in [-0.2, 0) is 21.4 Å². The Balaban J connectivity index is 1.65. The van der Waals surface area contributed by atoms with Crippen LogP contribution in [0, 0.1) is 17.2 Å². The summed E-state index contributed by atoms with van der Waals surface area (Å²) in [6, 6.07) is 15.7. The van der Waals surface area contributed by atoms with Crippen LogP contribution in [0.4, 0.5) is 0 Å². The van der Waals surface area contributed by atoms with Crippen molar-refractivity contribution in [2.24, 2.45) is 5.92 Å². The SMILES string of the molecule is COc1ccccc1CN(C)C(=O)C1CCN(S(=O)(=O)c2ccccc2C#N)CC1. The lowest BCUT2D eigenvalue weighted by molar-refractivity contribution is -0.135. The van der Waals surface area contributed by atoms with Crippen molar-refractivity contribution >= 4 is 15.9 Å². The normalized spacial score (nSPS) is 15.4. The number of amides is 1. The van der Waals surface area contributed by atoms with Gasteiger partial charge in [0, 0.05) is 38.2 Å². The van der Waals surface area contributed by atoms with Crippen LogP contribution in [0.15, 0.2) is 53.4 Å². The van der Waals surface area contributed by atoms with Crippen molar-refractivity contribution in [3.05, 3.63) is 59.7 Å². The maximum absolute atomic E-state index is 13.0. The summed E-state index contributed by atoms with van der Waals surface area (Å²) < 4.78 is 32.6. The molecule has 0 spiro atoms. The predicted molar refractivity (Wildman–Crippen MR) is 112 cm³/mol. The average molecular weight is 428 g/mol. The summed E-state index contributed by atoms with van der Waals surface area (Å²) in [5, 5.41) is 9.22. The van der Waals surface area contributed by atoms with E-state index < -0.39 is 10.0 Å². The first-order valence-electron chi connectivity index (χ1n) is 9.74. The summed E-state index contributed by atoms with van der Waals surface area (Å²) in [6.45, 7) is 0.929. The highest BCUT2D eigenvalue weighted by atomic mass is 32.2. The first kappa shape index (κ1) is 21.8. The number of nitrogens with zero attached hydrogens (tertiary/aromatic N) is 3. The minimum absolute atomic E-state index is 0.00428. The highest BCUT2D eigenvalue weighted by Crippen LogP contribution is 2.27. The van der Waals surface area contributed by atoms with Crippen molar-refractivity contribution in [3.8, 4) is 11.8 Å². The van der Waals surface area contributed by atoms with Crippen LogP contribution in [0.2, 0.25) is 0 Å². The Morgan fingerprint density at radius 2 is 1.80 bits per heavy atom. The first-order chi connectivity index (χ1) is 14.4. The zero-order valence-electron chi connectivity index (χ0n) is 17.1. The van der Waals surface area contributed by atoms with Gasteiger partial charge in [-0.15, -0.1) is 0 Å². The van der Waals surface area contributed by atoms with Crippen LogP contribution in [0.1, 0.15) is 24.0 Å². The fourth-order valence-corrected chi connectivity index (χ4v) is 5.36. The Morgan fingerprint density at radius 3 is 2.47 bits per heavy atom. The van der Waals surface area contributed by atoms with Gasteiger partial charge in [-0.05, 0) is 31.0 Å². The monoisotopic (exact) mass is 427 g/mol. The molecule has 0 aliphatic carbocycles. The van der Waals surface area contributed by atoms with Gasteiger partial charge in [0.25, 0.3) is 0 Å². The van der Waals surface area contributed by atoms with Gasteiger partial charge in [-0.1, -0.05) is 30.3 Å². The number of benzene rings is 2. The van der Waals surface area contributed by atoms with Crippen LogP contribution < -0.4 is 4.74 Å². The van der Waals surface area contributed by atoms with Gasteiger partial charge in [-0.25, -0.2) is 8.42 Å². The molecule has 0 N–H and O–H groups in total. The van der Waals surface area contributed by atoms with E-state index in [0.29, 0.717) is 19.4 Å². The standard InChI is InChI=1S/C22H25N3O4S/c1-24(16-19-8-3-5-9-20(19)29-2)22(26)17-11-13-25(14-12-17)30(27,28)21-10-6-4-7-18(21)15-23/h3-10,17H,11-14,16H2,1-2H3. The quantitative estimate of drug-likeness (QED) is 0.707. The summed E-state index contributed by atoms with van der Waals surface area (Å²) in [5.41, 5.74) is 1.05. The molecule has 0 radical (unpaired) electrons. The molecule has 0 saturated carbocycles. The van der Waals surface area contributed by atoms with Crippen LogP contribution in [-0.4, -0.2) is 50.8 Å². The molecule has 0 bridgehead atoms. The zero-order chi connectivity index (χ0) is 21.7. The maximum Gasteiger partial charge on any atom is 0.244 e. The van der Waals surface area contributed by atoms with E-state index in [0.717, 1.165) is 11.3 Å². The highest BCUT2D eigenvalue weighted by Gasteiger charge is 2.34. The van der Waals surface area contributed by atoms with E-state index in [1.807, 2.05) is 30.3 Å². The number of methoxy groups -OCH3 is 1. The number of rotatable bonds is 6. The Hall–Kier alpha value is -2.89. The lowest BCUT2D eigenvalue weighted by atomic mass is 9.96. The average Bonchev–Trinajstić information content (AvgIpc) is 2.78. The number of nitriles is 1. The van der Waals surface area contributed by atoms with Crippen LogP contribution in [0.5, 0.6) is 5.75 Å². The molecule has 7 nitrogen and oxygen atoms in total. The van der Waals surface area contributed by atoms with Crippen molar-refractivity contribution in [2.75, 3.05) is 27.2 Å². The van der Waals surface area contributed by atoms with Gasteiger partial charge in [0.2, 0.25) is 15.9 Å². The van der Waals surface area contributed by atoms with Crippen LogP contribution in [0.25, 0.3) is 0 Å². The van der Waals surface area contributed by atoms with Gasteiger partial charge in [0.05, 0.1) is 17.6 Å². The Morgan fingerprint density at radius 1 is 1.17 bits per heavy atom.